The van der Waals surface area contributed by atoms with Crippen LogP contribution < -0.4 is 0 Å². The van der Waals surface area contributed by atoms with Crippen LogP contribution in [0.25, 0.3) is 0 Å². The molecule has 1 heteroatoms. The number of hydrogen-bond acceptors (Lipinski definition) is 1. The molecule has 0 radical (unpaired) electrons. The van der Waals surface area contributed by atoms with Crippen molar-refractivity contribution >= 4 is 11.8 Å². The summed E-state index contributed by atoms with van der Waals surface area (Å²) in [6, 6.07) is 0. The van der Waals surface area contributed by atoms with Gasteiger partial charge in [0.25, 0.3) is 0 Å². The minimum atomic E-state index is 0.793. The number of rotatable bonds is 5. The van der Waals surface area contributed by atoms with Gasteiger partial charge in [0.2, 0.25) is 0 Å². The minimum Gasteiger partial charge on any atom is -0.162 e. The Bertz CT molecular complexity index is 102. The van der Waals surface area contributed by atoms with Crippen LogP contribution in [0.15, 0.2) is 0 Å². The zero-order valence-electron chi connectivity index (χ0n) is 6.89. The van der Waals surface area contributed by atoms with Crippen LogP contribution in [0.2, 0.25) is 0 Å². The highest BCUT2D eigenvalue weighted by molar-refractivity contribution is 7.99. The largest absolute Gasteiger partial charge is 0.162 e. The van der Waals surface area contributed by atoms with Crippen molar-refractivity contribution in [3.8, 4) is 12.3 Å². The molecule has 0 aliphatic carbocycles. The van der Waals surface area contributed by atoms with Crippen LogP contribution in [0.4, 0.5) is 0 Å². The van der Waals surface area contributed by atoms with E-state index in [0.29, 0.717) is 0 Å². The molecule has 0 bridgehead atoms. The van der Waals surface area contributed by atoms with E-state index in [1.807, 2.05) is 11.8 Å². The first-order valence-corrected chi connectivity index (χ1v) is 5.10. The molecule has 0 rings (SSSR count). The Labute approximate surface area is 68.8 Å². The second-order valence-electron chi connectivity index (χ2n) is 2.39. The van der Waals surface area contributed by atoms with Crippen molar-refractivity contribution in [3.05, 3.63) is 0 Å². The molecule has 0 spiro atoms. The number of thioether (sulfide) groups is 1. The van der Waals surface area contributed by atoms with E-state index in [9.17, 15) is 0 Å². The van der Waals surface area contributed by atoms with Crippen LogP contribution in [0.5, 0.6) is 0 Å². The molecular formula is C9H16S. The third kappa shape index (κ3) is 4.76. The maximum Gasteiger partial charge on any atom is 0.00965 e. The van der Waals surface area contributed by atoms with Gasteiger partial charge in [0.15, 0.2) is 0 Å². The summed E-state index contributed by atoms with van der Waals surface area (Å²) in [6.45, 7) is 2.22. The van der Waals surface area contributed by atoms with Crippen molar-refractivity contribution in [2.24, 2.45) is 0 Å². The molecule has 0 aromatic heterocycles. The predicted molar refractivity (Wildman–Crippen MR) is 50.3 cm³/mol. The fourth-order valence-corrected chi connectivity index (χ4v) is 1.77. The topological polar surface area (TPSA) is 0 Å². The summed E-state index contributed by atoms with van der Waals surface area (Å²) in [5, 5.41) is 0.793. The Hall–Kier alpha value is -0.0900. The summed E-state index contributed by atoms with van der Waals surface area (Å²) in [5.41, 5.74) is 0. The summed E-state index contributed by atoms with van der Waals surface area (Å²) < 4.78 is 0. The first-order valence-electron chi connectivity index (χ1n) is 3.81. The molecule has 1 atom stereocenters. The molecule has 0 aromatic carbocycles. The molecular weight excluding hydrogens is 140 g/mol. The van der Waals surface area contributed by atoms with Crippen molar-refractivity contribution in [2.45, 2.75) is 37.9 Å². The monoisotopic (exact) mass is 156 g/mol. The van der Waals surface area contributed by atoms with E-state index in [0.717, 1.165) is 11.7 Å². The molecule has 0 amide bonds. The fraction of sp³-hybridized carbons (Fsp3) is 0.778. The van der Waals surface area contributed by atoms with Crippen LogP contribution >= 0.6 is 11.8 Å². The molecule has 0 saturated carbocycles. The lowest BCUT2D eigenvalue weighted by molar-refractivity contribution is 0.698. The highest BCUT2D eigenvalue weighted by Crippen LogP contribution is 2.17. The van der Waals surface area contributed by atoms with Gasteiger partial charge in [0, 0.05) is 11.7 Å². The van der Waals surface area contributed by atoms with Crippen molar-refractivity contribution < 1.29 is 0 Å². The summed E-state index contributed by atoms with van der Waals surface area (Å²) in [6.07, 6.45) is 12.0. The number of terminal acetylenes is 1. The van der Waals surface area contributed by atoms with Gasteiger partial charge in [-0.1, -0.05) is 13.3 Å². The highest BCUT2D eigenvalue weighted by atomic mass is 32.2. The van der Waals surface area contributed by atoms with E-state index >= 15 is 0 Å². The van der Waals surface area contributed by atoms with Crippen LogP contribution in [0.3, 0.4) is 0 Å². The average molecular weight is 156 g/mol. The smallest absolute Gasteiger partial charge is 0.00965 e. The van der Waals surface area contributed by atoms with Gasteiger partial charge in [0.1, 0.15) is 0 Å². The van der Waals surface area contributed by atoms with Crippen LogP contribution in [-0.2, 0) is 0 Å². The summed E-state index contributed by atoms with van der Waals surface area (Å²) >= 11 is 1.94. The molecule has 0 aliphatic heterocycles. The van der Waals surface area contributed by atoms with Gasteiger partial charge in [-0.25, -0.2) is 0 Å². The Morgan fingerprint density at radius 1 is 1.50 bits per heavy atom. The second kappa shape index (κ2) is 7.02. The van der Waals surface area contributed by atoms with Crippen LogP contribution in [-0.4, -0.2) is 11.5 Å². The Morgan fingerprint density at radius 3 is 2.60 bits per heavy atom. The Kier molecular flexibility index (Phi) is 6.96. The van der Waals surface area contributed by atoms with E-state index in [-0.39, 0.29) is 0 Å². The molecule has 0 aliphatic rings. The van der Waals surface area contributed by atoms with Gasteiger partial charge in [0.05, 0.1) is 0 Å². The lowest BCUT2D eigenvalue weighted by Gasteiger charge is -2.09. The van der Waals surface area contributed by atoms with Gasteiger partial charge in [-0.05, 0) is 19.1 Å². The summed E-state index contributed by atoms with van der Waals surface area (Å²) in [4.78, 5) is 0. The van der Waals surface area contributed by atoms with Crippen molar-refractivity contribution in [2.75, 3.05) is 6.26 Å². The second-order valence-corrected chi connectivity index (χ2v) is 3.53. The average Bonchev–Trinajstić information content (AvgIpc) is 1.98. The molecule has 0 saturated heterocycles. The Balaban J connectivity index is 3.32. The normalized spacial score (nSPS) is 12.5. The predicted octanol–water partition coefficient (Wildman–Crippen LogP) is 2.93. The standard InChI is InChI=1S/C9H16S/c1-4-6-8-9(10-3)7-5-2/h1,9H,5-8H2,2-3H3. The molecule has 58 valence electrons. The SMILES string of the molecule is C#CCCC(CCC)SC. The summed E-state index contributed by atoms with van der Waals surface area (Å²) in [5.74, 6) is 2.68. The highest BCUT2D eigenvalue weighted by Gasteiger charge is 2.02. The van der Waals surface area contributed by atoms with E-state index in [1.165, 1.54) is 19.3 Å². The fourth-order valence-electron chi connectivity index (χ4n) is 0.946. The van der Waals surface area contributed by atoms with Gasteiger partial charge in [-0.3, -0.25) is 0 Å². The van der Waals surface area contributed by atoms with Gasteiger partial charge in [-0.2, -0.15) is 11.8 Å². The molecule has 10 heavy (non-hydrogen) atoms. The number of hydrogen-bond donors (Lipinski definition) is 0. The molecule has 1 unspecified atom stereocenters. The van der Waals surface area contributed by atoms with Crippen molar-refractivity contribution in [1.29, 1.82) is 0 Å². The first kappa shape index (κ1) is 9.91. The van der Waals surface area contributed by atoms with E-state index in [1.54, 1.807) is 0 Å². The van der Waals surface area contributed by atoms with Crippen LogP contribution in [0, 0.1) is 12.3 Å². The van der Waals surface area contributed by atoms with Gasteiger partial charge in [-0.15, -0.1) is 12.3 Å². The summed E-state index contributed by atoms with van der Waals surface area (Å²) in [7, 11) is 0. The molecule has 0 nitrogen and oxygen atoms in total. The maximum absolute atomic E-state index is 5.17. The molecule has 0 N–H and O–H groups in total. The molecule has 0 aromatic rings. The zero-order valence-corrected chi connectivity index (χ0v) is 7.71. The first-order chi connectivity index (χ1) is 4.85. The Morgan fingerprint density at radius 2 is 2.20 bits per heavy atom. The quantitative estimate of drug-likeness (QED) is 0.551. The third-order valence-corrected chi connectivity index (χ3v) is 2.69. The van der Waals surface area contributed by atoms with Crippen molar-refractivity contribution in [3.63, 3.8) is 0 Å². The van der Waals surface area contributed by atoms with E-state index in [4.69, 9.17) is 6.42 Å². The lowest BCUT2D eigenvalue weighted by atomic mass is 10.1. The van der Waals surface area contributed by atoms with Gasteiger partial charge < -0.3 is 0 Å². The van der Waals surface area contributed by atoms with Crippen LogP contribution in [0.1, 0.15) is 32.6 Å². The third-order valence-electron chi connectivity index (χ3n) is 1.55. The van der Waals surface area contributed by atoms with E-state index in [2.05, 4.69) is 19.1 Å². The zero-order chi connectivity index (χ0) is 7.82. The van der Waals surface area contributed by atoms with E-state index < -0.39 is 0 Å². The maximum atomic E-state index is 5.17. The molecule has 0 fully saturated rings. The van der Waals surface area contributed by atoms with Gasteiger partial charge >= 0.3 is 0 Å². The minimum absolute atomic E-state index is 0.793. The van der Waals surface area contributed by atoms with Crippen molar-refractivity contribution in [1.82, 2.24) is 0 Å². The lowest BCUT2D eigenvalue weighted by Crippen LogP contribution is -1.99. The molecule has 0 heterocycles.